The molecule has 0 saturated carbocycles. The number of carbonyl (C=O) groups is 2. The Morgan fingerprint density at radius 1 is 1.22 bits per heavy atom. The number of imidazole rings is 1. The third-order valence-corrected chi connectivity index (χ3v) is 13.4. The monoisotopic (exact) mass is 653 g/mol. The van der Waals surface area contributed by atoms with Crippen molar-refractivity contribution in [3.63, 3.8) is 0 Å². The van der Waals surface area contributed by atoms with Gasteiger partial charge in [0.1, 0.15) is 18.1 Å². The maximum Gasteiger partial charge on any atom is 0.312 e. The van der Waals surface area contributed by atoms with E-state index in [1.165, 1.54) is 17.8 Å². The molecule has 11 nitrogen and oxygen atoms in total. The third-order valence-electron chi connectivity index (χ3n) is 8.95. The summed E-state index contributed by atoms with van der Waals surface area (Å²) in [7, 11) is -2.33. The lowest BCUT2D eigenvalue weighted by molar-refractivity contribution is -0.159. The van der Waals surface area contributed by atoms with Crippen LogP contribution in [0.15, 0.2) is 18.5 Å². The van der Waals surface area contributed by atoms with Gasteiger partial charge in [-0.3, -0.25) is 14.2 Å². The number of hydrogen-bond donors (Lipinski definition) is 1. The highest BCUT2D eigenvalue weighted by Gasteiger charge is 2.53. The number of halogens is 1. The number of nitrogen functional groups attached to an aromatic ring is 1. The zero-order chi connectivity index (χ0) is 34.4. The topological polar surface area (TPSA) is 141 Å². The fourth-order valence-corrected chi connectivity index (χ4v) is 6.66. The fourth-order valence-electron chi connectivity index (χ4n) is 5.66. The van der Waals surface area contributed by atoms with Crippen molar-refractivity contribution in [1.82, 2.24) is 19.5 Å². The second-order valence-electron chi connectivity index (χ2n) is 14.2. The summed E-state index contributed by atoms with van der Waals surface area (Å²) in [5.41, 5.74) is 6.46. The quantitative estimate of drug-likeness (QED) is 0.101. The van der Waals surface area contributed by atoms with Gasteiger partial charge in [-0.25, -0.2) is 4.98 Å². The number of anilines is 1. The average molecular weight is 654 g/mol. The van der Waals surface area contributed by atoms with E-state index in [1.54, 1.807) is 6.07 Å². The number of carbonyl (C=O) groups excluding carboxylic acids is 2. The van der Waals surface area contributed by atoms with E-state index in [0.717, 1.165) is 16.7 Å². The van der Waals surface area contributed by atoms with E-state index in [4.69, 9.17) is 30.8 Å². The molecule has 2 N–H and O–H groups in total. The van der Waals surface area contributed by atoms with Gasteiger partial charge in [-0.2, -0.15) is 14.4 Å². The second kappa shape index (κ2) is 12.4. The number of benzene rings is 1. The molecule has 4 rings (SSSR count). The van der Waals surface area contributed by atoms with Gasteiger partial charge in [-0.05, 0) is 49.2 Å². The van der Waals surface area contributed by atoms with Crippen molar-refractivity contribution in [2.24, 2.45) is 0 Å². The van der Waals surface area contributed by atoms with Gasteiger partial charge in [-0.15, -0.1) is 6.42 Å². The fraction of sp³-hybridized carbons (Fsp3) is 0.545. The Kier molecular flexibility index (Phi) is 9.43. The predicted molar refractivity (Wildman–Crippen MR) is 174 cm³/mol. The van der Waals surface area contributed by atoms with Crippen molar-refractivity contribution in [3.05, 3.63) is 41.2 Å². The molecule has 1 fully saturated rings. The van der Waals surface area contributed by atoms with Crippen LogP contribution in [0.4, 0.5) is 10.2 Å². The Morgan fingerprint density at radius 2 is 1.89 bits per heavy atom. The summed E-state index contributed by atoms with van der Waals surface area (Å²) in [6.45, 7) is 19.4. The minimum atomic E-state index is -2.33. The Bertz CT molecular complexity index is 1710. The van der Waals surface area contributed by atoms with Gasteiger partial charge in [0.15, 0.2) is 30.9 Å². The van der Waals surface area contributed by atoms with Gasteiger partial charge < -0.3 is 24.4 Å². The summed E-state index contributed by atoms with van der Waals surface area (Å²) in [5, 5.41) is -0.130. The Hall–Kier alpha value is -3.86. The van der Waals surface area contributed by atoms with Gasteiger partial charge in [0.25, 0.3) is 0 Å². The molecular formula is C33H44FN5O6Si. The molecule has 1 aliphatic rings. The van der Waals surface area contributed by atoms with Crippen molar-refractivity contribution in [2.45, 2.75) is 110 Å². The van der Waals surface area contributed by atoms with Crippen LogP contribution in [0.5, 0.6) is 5.75 Å². The minimum Gasteiger partial charge on any atom is -0.458 e. The number of hydrogen-bond acceptors (Lipinski definition) is 10. The van der Waals surface area contributed by atoms with Gasteiger partial charge in [0, 0.05) is 24.3 Å². The largest absolute Gasteiger partial charge is 0.458 e. The van der Waals surface area contributed by atoms with E-state index in [9.17, 15) is 14.0 Å². The highest BCUT2D eigenvalue weighted by Crippen LogP contribution is 2.44. The Labute approximate surface area is 270 Å². The predicted octanol–water partition coefficient (Wildman–Crippen LogP) is 5.68. The first kappa shape index (κ1) is 35.0. The van der Waals surface area contributed by atoms with Gasteiger partial charge in [0.2, 0.25) is 0 Å². The van der Waals surface area contributed by atoms with Gasteiger partial charge in [0.05, 0.1) is 19.4 Å². The number of nitrogens with two attached hydrogens (primary N) is 1. The number of aryl methyl sites for hydroxylation is 2. The third kappa shape index (κ3) is 6.94. The summed E-state index contributed by atoms with van der Waals surface area (Å²) in [5.74, 6) is 2.02. The van der Waals surface area contributed by atoms with Crippen molar-refractivity contribution in [1.29, 1.82) is 0 Å². The summed E-state index contributed by atoms with van der Waals surface area (Å²) in [6.07, 6.45) is 4.84. The lowest BCUT2D eigenvalue weighted by atomic mass is 9.78. The van der Waals surface area contributed by atoms with Gasteiger partial charge >= 0.3 is 18.0 Å². The normalized spacial score (nSPS) is 20.5. The molecule has 0 spiro atoms. The molecule has 1 aliphatic heterocycles. The van der Waals surface area contributed by atoms with Crippen molar-refractivity contribution in [2.75, 3.05) is 12.3 Å². The first-order valence-electron chi connectivity index (χ1n) is 15.1. The molecule has 0 unspecified atom stereocenters. The van der Waals surface area contributed by atoms with E-state index in [-0.39, 0.29) is 41.5 Å². The van der Waals surface area contributed by atoms with Crippen LogP contribution < -0.4 is 10.5 Å². The van der Waals surface area contributed by atoms with Crippen LogP contribution in [0.25, 0.3) is 11.2 Å². The van der Waals surface area contributed by atoms with Crippen LogP contribution in [-0.4, -0.2) is 58.1 Å². The zero-order valence-electron chi connectivity index (χ0n) is 28.3. The summed E-state index contributed by atoms with van der Waals surface area (Å²) in [6, 6.07) is 3.75. The SMILES string of the molecule is C#C[C@]1(CO[Si](C)(C)C(C)(C)C)O[C@@H](n2cnc3c(N)nc(F)nc32)C[C@@H]1OC(=O)CC(C)(C)c1c(C)cc(C)cc1OC(C)=O. The number of fused-ring (bicyclic) bond motifs is 1. The Balaban J connectivity index is 1.68. The maximum atomic E-state index is 14.2. The van der Waals surface area contributed by atoms with Crippen LogP contribution in [-0.2, 0) is 28.9 Å². The maximum absolute atomic E-state index is 14.2. The van der Waals surface area contributed by atoms with Crippen molar-refractivity contribution in [3.8, 4) is 18.1 Å². The molecule has 0 aliphatic carbocycles. The first-order valence-corrected chi connectivity index (χ1v) is 18.1. The Morgan fingerprint density at radius 3 is 2.50 bits per heavy atom. The molecule has 1 aromatic carbocycles. The molecule has 2 aromatic heterocycles. The molecule has 248 valence electrons. The summed E-state index contributed by atoms with van der Waals surface area (Å²) < 4.78 is 40.4. The first-order chi connectivity index (χ1) is 21.2. The summed E-state index contributed by atoms with van der Waals surface area (Å²) >= 11 is 0. The molecule has 3 aromatic rings. The van der Waals surface area contributed by atoms with E-state index in [1.807, 2.05) is 33.8 Å². The van der Waals surface area contributed by atoms with Crippen molar-refractivity contribution < 1.29 is 32.6 Å². The smallest absolute Gasteiger partial charge is 0.312 e. The zero-order valence-corrected chi connectivity index (χ0v) is 29.3. The molecule has 1 saturated heterocycles. The number of ether oxygens (including phenoxy) is 3. The van der Waals surface area contributed by atoms with Crippen LogP contribution in [0.1, 0.15) is 77.3 Å². The molecular weight excluding hydrogens is 609 g/mol. The molecule has 0 amide bonds. The molecule has 0 bridgehead atoms. The van der Waals surface area contributed by atoms with Crippen molar-refractivity contribution >= 4 is 37.2 Å². The highest BCUT2D eigenvalue weighted by atomic mass is 28.4. The second-order valence-corrected chi connectivity index (χ2v) is 19.0. The number of nitrogens with zero attached hydrogens (tertiary/aromatic N) is 4. The minimum absolute atomic E-state index is 0.0381. The van der Waals surface area contributed by atoms with Crippen LogP contribution >= 0.6 is 0 Å². The summed E-state index contributed by atoms with van der Waals surface area (Å²) in [4.78, 5) is 37.4. The van der Waals surface area contributed by atoms with Crippen LogP contribution in [0.3, 0.4) is 0 Å². The standard InChI is InChI=1S/C33H44FN5O6Si/c1-12-33(17-42-46(10,11)31(5,6)7)23(15-24(45-33)39-18-36-27-28(35)37-30(34)38-29(27)39)44-25(41)16-32(8,9)26-20(3)13-19(2)14-22(26)43-21(4)40/h1,13-14,18,23-24H,15-17H2,2-11H3,(H2,35,37,38)/t23-,24+,33+/m0/s1. The molecule has 3 heterocycles. The molecule has 46 heavy (non-hydrogen) atoms. The number of rotatable bonds is 9. The lowest BCUT2D eigenvalue weighted by Crippen LogP contribution is -2.50. The highest BCUT2D eigenvalue weighted by molar-refractivity contribution is 6.74. The average Bonchev–Trinajstić information content (AvgIpc) is 3.47. The van der Waals surface area contributed by atoms with E-state index in [2.05, 4.69) is 54.7 Å². The number of esters is 2. The molecule has 3 atom stereocenters. The number of aromatic nitrogens is 4. The van der Waals surface area contributed by atoms with Crippen LogP contribution in [0, 0.1) is 32.3 Å². The molecule has 0 radical (unpaired) electrons. The lowest BCUT2D eigenvalue weighted by Gasteiger charge is -2.39. The van der Waals surface area contributed by atoms with E-state index >= 15 is 0 Å². The van der Waals surface area contributed by atoms with Gasteiger partial charge in [-0.1, -0.05) is 46.6 Å². The van der Waals surface area contributed by atoms with E-state index in [0.29, 0.717) is 5.75 Å². The van der Waals surface area contributed by atoms with E-state index < -0.39 is 49.7 Å². The molecule has 13 heteroatoms. The van der Waals surface area contributed by atoms with Crippen LogP contribution in [0.2, 0.25) is 18.1 Å². The number of terminal acetylenes is 1.